The van der Waals surface area contributed by atoms with Gasteiger partial charge in [-0.25, -0.2) is 24.1 Å². The van der Waals surface area contributed by atoms with Gasteiger partial charge in [0.15, 0.2) is 5.65 Å². The molecule has 0 spiro atoms. The Morgan fingerprint density at radius 3 is 2.81 bits per heavy atom. The van der Waals surface area contributed by atoms with Crippen LogP contribution in [-0.4, -0.2) is 62.9 Å². The summed E-state index contributed by atoms with van der Waals surface area (Å²) in [6.07, 6.45) is 5.75. The minimum absolute atomic E-state index is 0.222. The molecular formula is C26H29N9O2. The van der Waals surface area contributed by atoms with E-state index in [0.717, 1.165) is 25.2 Å². The molecule has 2 amide bonds. The molecule has 2 N–H and O–H groups in total. The third-order valence-electron chi connectivity index (χ3n) is 6.31. The van der Waals surface area contributed by atoms with Crippen molar-refractivity contribution in [3.8, 4) is 5.69 Å². The van der Waals surface area contributed by atoms with Crippen LogP contribution in [0.4, 0.5) is 22.2 Å². The summed E-state index contributed by atoms with van der Waals surface area (Å²) >= 11 is 0. The number of allylic oxidation sites excluding steroid dienone is 1. The van der Waals surface area contributed by atoms with Crippen molar-refractivity contribution in [2.45, 2.75) is 19.5 Å². The lowest BCUT2D eigenvalue weighted by Crippen LogP contribution is -2.36. The molecule has 0 radical (unpaired) electrons. The Labute approximate surface area is 214 Å². The van der Waals surface area contributed by atoms with Crippen molar-refractivity contribution in [3.63, 3.8) is 0 Å². The van der Waals surface area contributed by atoms with Crippen LogP contribution in [0.15, 0.2) is 60.2 Å². The maximum Gasteiger partial charge on any atom is 0.324 e. The van der Waals surface area contributed by atoms with Crippen LogP contribution in [0.5, 0.6) is 0 Å². The molecule has 4 heterocycles. The van der Waals surface area contributed by atoms with Gasteiger partial charge in [0.1, 0.15) is 11.2 Å². The molecule has 37 heavy (non-hydrogen) atoms. The number of aromatic nitrogens is 5. The summed E-state index contributed by atoms with van der Waals surface area (Å²) < 4.78 is 3.25. The van der Waals surface area contributed by atoms with Crippen molar-refractivity contribution in [1.82, 2.24) is 34.5 Å². The number of amides is 2. The number of urea groups is 1. The van der Waals surface area contributed by atoms with Gasteiger partial charge in [-0.3, -0.25) is 9.69 Å². The SMILES string of the molecule is C=CCn1c(=O)c2cnc(Nc3ccc4c(c3)CCNC4)nc2n1-c1ccnc(N(C)C(=O)N(C)C)c1. The summed E-state index contributed by atoms with van der Waals surface area (Å²) in [5, 5.41) is 7.04. The Morgan fingerprint density at radius 2 is 2.03 bits per heavy atom. The second kappa shape index (κ2) is 9.86. The largest absolute Gasteiger partial charge is 0.330 e. The molecule has 0 aliphatic carbocycles. The Hall–Kier alpha value is -4.51. The highest BCUT2D eigenvalue weighted by Gasteiger charge is 2.20. The second-order valence-electron chi connectivity index (χ2n) is 9.06. The molecule has 0 saturated carbocycles. The topological polar surface area (TPSA) is 113 Å². The van der Waals surface area contributed by atoms with Crippen LogP contribution in [-0.2, 0) is 19.5 Å². The van der Waals surface area contributed by atoms with Crippen LogP contribution < -0.4 is 21.1 Å². The highest BCUT2D eigenvalue weighted by molar-refractivity contribution is 5.90. The van der Waals surface area contributed by atoms with Gasteiger partial charge < -0.3 is 15.5 Å². The number of nitrogens with zero attached hydrogens (tertiary/aromatic N) is 7. The van der Waals surface area contributed by atoms with E-state index >= 15 is 0 Å². The lowest BCUT2D eigenvalue weighted by atomic mass is 10.0. The van der Waals surface area contributed by atoms with E-state index in [1.165, 1.54) is 31.8 Å². The van der Waals surface area contributed by atoms with Gasteiger partial charge in [-0.2, -0.15) is 4.98 Å². The van der Waals surface area contributed by atoms with Crippen molar-refractivity contribution in [2.75, 3.05) is 37.9 Å². The summed E-state index contributed by atoms with van der Waals surface area (Å²) in [6, 6.07) is 9.51. The number of benzene rings is 1. The first-order valence-electron chi connectivity index (χ1n) is 12.0. The molecule has 1 aromatic carbocycles. The van der Waals surface area contributed by atoms with Crippen LogP contribution in [0.3, 0.4) is 0 Å². The molecule has 190 valence electrons. The number of fused-ring (bicyclic) bond motifs is 2. The number of nitrogens with one attached hydrogen (secondary N) is 2. The Morgan fingerprint density at radius 1 is 1.19 bits per heavy atom. The molecule has 0 bridgehead atoms. The van der Waals surface area contributed by atoms with E-state index in [9.17, 15) is 9.59 Å². The highest BCUT2D eigenvalue weighted by atomic mass is 16.2. The normalized spacial score (nSPS) is 12.7. The third kappa shape index (κ3) is 4.56. The fraction of sp³-hybridized carbons (Fsp3) is 0.269. The van der Waals surface area contributed by atoms with Gasteiger partial charge in [0, 0.05) is 51.8 Å². The summed E-state index contributed by atoms with van der Waals surface area (Å²) in [5.41, 5.74) is 4.29. The van der Waals surface area contributed by atoms with E-state index in [1.807, 2.05) is 6.07 Å². The Kier molecular flexibility index (Phi) is 6.45. The Bertz CT molecular complexity index is 1550. The minimum atomic E-state index is -0.237. The van der Waals surface area contributed by atoms with Crippen LogP contribution in [0.1, 0.15) is 11.1 Å². The van der Waals surface area contributed by atoms with E-state index in [4.69, 9.17) is 4.98 Å². The van der Waals surface area contributed by atoms with Gasteiger partial charge in [-0.1, -0.05) is 12.1 Å². The fourth-order valence-electron chi connectivity index (χ4n) is 4.44. The minimum Gasteiger partial charge on any atom is -0.330 e. The molecule has 11 heteroatoms. The van der Waals surface area contributed by atoms with Crippen LogP contribution in [0, 0.1) is 0 Å². The molecule has 0 saturated heterocycles. The van der Waals surface area contributed by atoms with Gasteiger partial charge in [0.2, 0.25) is 5.95 Å². The standard InChI is InChI=1S/C26H29N9O2/c1-5-12-34-24(36)21-16-29-25(30-19-7-6-18-15-27-10-8-17(18)13-19)31-23(21)35(34)20-9-11-28-22(14-20)33(4)26(37)32(2)3/h5-7,9,11,13-14,16,27H,1,8,10,12,15H2,2-4H3,(H,29,30,31). The number of carbonyl (C=O) groups excluding carboxylic acids is 1. The fourth-order valence-corrected chi connectivity index (χ4v) is 4.44. The molecule has 3 aromatic heterocycles. The van der Waals surface area contributed by atoms with Crippen molar-refractivity contribution >= 4 is 34.5 Å². The van der Waals surface area contributed by atoms with E-state index in [0.29, 0.717) is 28.5 Å². The summed E-state index contributed by atoms with van der Waals surface area (Å²) in [6.45, 7) is 5.88. The molecular weight excluding hydrogens is 470 g/mol. The molecule has 11 nitrogen and oxygen atoms in total. The molecule has 0 fully saturated rings. The smallest absolute Gasteiger partial charge is 0.324 e. The zero-order chi connectivity index (χ0) is 26.1. The first-order chi connectivity index (χ1) is 17.9. The van der Waals surface area contributed by atoms with Crippen molar-refractivity contribution in [2.24, 2.45) is 0 Å². The average Bonchev–Trinajstić information content (AvgIpc) is 3.18. The maximum atomic E-state index is 13.3. The second-order valence-corrected chi connectivity index (χ2v) is 9.06. The zero-order valence-electron chi connectivity index (χ0n) is 21.1. The van der Waals surface area contributed by atoms with Gasteiger partial charge in [-0.15, -0.1) is 6.58 Å². The maximum absolute atomic E-state index is 13.3. The number of anilines is 3. The van der Waals surface area contributed by atoms with Crippen molar-refractivity contribution < 1.29 is 4.79 Å². The van der Waals surface area contributed by atoms with E-state index < -0.39 is 0 Å². The lowest BCUT2D eigenvalue weighted by molar-refractivity contribution is 0.225. The van der Waals surface area contributed by atoms with Gasteiger partial charge >= 0.3 is 6.03 Å². The highest BCUT2D eigenvalue weighted by Crippen LogP contribution is 2.23. The summed E-state index contributed by atoms with van der Waals surface area (Å²) in [5.74, 6) is 0.812. The van der Waals surface area contributed by atoms with E-state index in [1.54, 1.807) is 50.2 Å². The van der Waals surface area contributed by atoms with Gasteiger partial charge in [-0.05, 0) is 42.3 Å². The molecule has 4 aromatic rings. The third-order valence-corrected chi connectivity index (χ3v) is 6.31. The quantitative estimate of drug-likeness (QED) is 0.392. The number of hydrogen-bond acceptors (Lipinski definition) is 7. The van der Waals surface area contributed by atoms with Crippen LogP contribution in [0.25, 0.3) is 16.7 Å². The number of hydrogen-bond donors (Lipinski definition) is 2. The van der Waals surface area contributed by atoms with E-state index in [-0.39, 0.29) is 18.1 Å². The molecule has 0 atom stereocenters. The molecule has 1 aliphatic rings. The summed E-state index contributed by atoms with van der Waals surface area (Å²) in [7, 11) is 5.00. The zero-order valence-corrected chi connectivity index (χ0v) is 21.1. The number of pyridine rings is 1. The molecule has 1 aliphatic heterocycles. The van der Waals surface area contributed by atoms with Crippen molar-refractivity contribution in [3.05, 3.63) is 76.9 Å². The van der Waals surface area contributed by atoms with Crippen molar-refractivity contribution in [1.29, 1.82) is 0 Å². The lowest BCUT2D eigenvalue weighted by Gasteiger charge is -2.21. The van der Waals surface area contributed by atoms with Crippen LogP contribution >= 0.6 is 0 Å². The van der Waals surface area contributed by atoms with Gasteiger partial charge in [0.25, 0.3) is 5.56 Å². The van der Waals surface area contributed by atoms with Crippen LogP contribution in [0.2, 0.25) is 0 Å². The first kappa shape index (κ1) is 24.2. The predicted octanol–water partition coefficient (Wildman–Crippen LogP) is 2.67. The number of carbonyl (C=O) groups is 1. The van der Waals surface area contributed by atoms with Gasteiger partial charge in [0.05, 0.1) is 12.2 Å². The van der Waals surface area contributed by atoms with E-state index in [2.05, 4.69) is 39.3 Å². The average molecular weight is 500 g/mol. The summed E-state index contributed by atoms with van der Waals surface area (Å²) in [4.78, 5) is 42.1. The molecule has 5 rings (SSSR count). The monoisotopic (exact) mass is 499 g/mol. The predicted molar refractivity (Wildman–Crippen MR) is 144 cm³/mol. The molecule has 0 unspecified atom stereocenters. The first-order valence-corrected chi connectivity index (χ1v) is 12.0. The Balaban J connectivity index is 1.59. The number of rotatable bonds is 6.